The summed E-state index contributed by atoms with van der Waals surface area (Å²) in [6, 6.07) is 9.73. The van der Waals surface area contributed by atoms with Crippen molar-refractivity contribution < 1.29 is 9.47 Å². The van der Waals surface area contributed by atoms with Crippen LogP contribution in [-0.2, 0) is 13.0 Å². The largest absolute Gasteiger partial charge is 0.486 e. The van der Waals surface area contributed by atoms with Gasteiger partial charge in [-0.2, -0.15) is 0 Å². The highest BCUT2D eigenvalue weighted by Crippen LogP contribution is 2.38. The van der Waals surface area contributed by atoms with Gasteiger partial charge >= 0.3 is 0 Å². The molecule has 0 aliphatic carbocycles. The lowest BCUT2D eigenvalue weighted by molar-refractivity contribution is 0.171. The van der Waals surface area contributed by atoms with E-state index in [1.54, 1.807) is 6.20 Å². The molecular weight excluding hydrogens is 479 g/mol. The first kappa shape index (κ1) is 21.6. The molecule has 0 spiro atoms. The molecule has 1 aromatic carbocycles. The zero-order chi connectivity index (χ0) is 18.2. The van der Waals surface area contributed by atoms with E-state index in [-0.39, 0.29) is 24.0 Å². The molecule has 2 N–H and O–H groups in total. The summed E-state index contributed by atoms with van der Waals surface area (Å²) in [7, 11) is 0. The van der Waals surface area contributed by atoms with E-state index >= 15 is 0 Å². The predicted molar refractivity (Wildman–Crippen MR) is 119 cm³/mol. The van der Waals surface area contributed by atoms with Crippen LogP contribution in [0.15, 0.2) is 41.5 Å². The summed E-state index contributed by atoms with van der Waals surface area (Å²) in [5.41, 5.74) is 2.02. The van der Waals surface area contributed by atoms with E-state index in [1.165, 1.54) is 0 Å². The maximum absolute atomic E-state index is 6.28. The molecule has 0 saturated heterocycles. The minimum atomic E-state index is 0. The van der Waals surface area contributed by atoms with Gasteiger partial charge in [0.1, 0.15) is 13.2 Å². The minimum absolute atomic E-state index is 0. The zero-order valence-electron chi connectivity index (χ0n) is 15.2. The molecule has 1 aliphatic heterocycles. The van der Waals surface area contributed by atoms with Crippen LogP contribution in [0.2, 0.25) is 5.02 Å². The Balaban J connectivity index is 0.00000261. The number of aliphatic imine (C=N–C) groups is 1. The van der Waals surface area contributed by atoms with E-state index in [0.29, 0.717) is 36.3 Å². The highest BCUT2D eigenvalue weighted by molar-refractivity contribution is 14.0. The van der Waals surface area contributed by atoms with E-state index in [2.05, 4.69) is 20.6 Å². The summed E-state index contributed by atoms with van der Waals surface area (Å²) in [6.07, 6.45) is 2.64. The predicted octanol–water partition coefficient (Wildman–Crippen LogP) is 3.42. The molecule has 1 aliphatic rings. The summed E-state index contributed by atoms with van der Waals surface area (Å²) in [5, 5.41) is 7.13. The van der Waals surface area contributed by atoms with Crippen molar-refractivity contribution in [2.24, 2.45) is 4.99 Å². The third kappa shape index (κ3) is 6.42. The number of hydrogen-bond donors (Lipinski definition) is 2. The number of hydrogen-bond acceptors (Lipinski definition) is 4. The number of nitrogens with zero attached hydrogens (tertiary/aromatic N) is 2. The van der Waals surface area contributed by atoms with Crippen molar-refractivity contribution in [3.8, 4) is 11.5 Å². The fourth-order valence-corrected chi connectivity index (χ4v) is 2.91. The van der Waals surface area contributed by atoms with Crippen LogP contribution in [0.5, 0.6) is 11.5 Å². The van der Waals surface area contributed by atoms with Crippen LogP contribution < -0.4 is 20.1 Å². The number of rotatable bonds is 6. The summed E-state index contributed by atoms with van der Waals surface area (Å²) in [5.74, 6) is 2.06. The lowest BCUT2D eigenvalue weighted by Crippen LogP contribution is -2.38. The standard InChI is InChI=1S/C19H23ClN4O2.HI/c1-2-21-19(23-8-6-15-5-3-4-7-22-15)24-13-14-11-16(20)18-17(12-14)25-9-10-26-18;/h3-5,7,11-12H,2,6,8-10,13H2,1H3,(H2,21,23,24);1H. The van der Waals surface area contributed by atoms with Gasteiger partial charge in [0.25, 0.3) is 0 Å². The van der Waals surface area contributed by atoms with E-state index in [1.807, 2.05) is 37.3 Å². The van der Waals surface area contributed by atoms with Gasteiger partial charge in [-0.25, -0.2) is 4.99 Å². The van der Waals surface area contributed by atoms with Crippen molar-refractivity contribution in [3.05, 3.63) is 52.8 Å². The van der Waals surface area contributed by atoms with Crippen LogP contribution in [0.1, 0.15) is 18.2 Å². The molecule has 1 aromatic heterocycles. The molecule has 2 heterocycles. The second kappa shape index (κ2) is 11.2. The van der Waals surface area contributed by atoms with Crippen molar-refractivity contribution in [1.29, 1.82) is 0 Å². The number of halogens is 2. The number of guanidine groups is 1. The zero-order valence-corrected chi connectivity index (χ0v) is 18.3. The second-order valence-corrected chi connectivity index (χ2v) is 6.20. The third-order valence-electron chi connectivity index (χ3n) is 3.82. The van der Waals surface area contributed by atoms with Gasteiger partial charge in [0.15, 0.2) is 17.5 Å². The molecule has 0 amide bonds. The average Bonchev–Trinajstić information content (AvgIpc) is 2.67. The van der Waals surface area contributed by atoms with Crippen molar-refractivity contribution in [2.45, 2.75) is 19.9 Å². The minimum Gasteiger partial charge on any atom is -0.486 e. The molecule has 27 heavy (non-hydrogen) atoms. The van der Waals surface area contributed by atoms with Crippen LogP contribution in [-0.4, -0.2) is 37.2 Å². The van der Waals surface area contributed by atoms with E-state index in [0.717, 1.165) is 36.7 Å². The Kier molecular flexibility index (Phi) is 8.93. The summed E-state index contributed by atoms with van der Waals surface area (Å²) < 4.78 is 11.2. The van der Waals surface area contributed by atoms with Gasteiger partial charge in [0.2, 0.25) is 0 Å². The maximum Gasteiger partial charge on any atom is 0.191 e. The van der Waals surface area contributed by atoms with Gasteiger partial charge in [-0.15, -0.1) is 24.0 Å². The van der Waals surface area contributed by atoms with Gasteiger partial charge in [-0.05, 0) is 36.8 Å². The van der Waals surface area contributed by atoms with Gasteiger partial charge in [-0.3, -0.25) is 4.98 Å². The van der Waals surface area contributed by atoms with E-state index in [9.17, 15) is 0 Å². The molecule has 3 rings (SSSR count). The molecule has 0 radical (unpaired) electrons. The molecule has 0 unspecified atom stereocenters. The maximum atomic E-state index is 6.28. The Bertz CT molecular complexity index is 759. The average molecular weight is 503 g/mol. The molecule has 2 aromatic rings. The smallest absolute Gasteiger partial charge is 0.191 e. The van der Waals surface area contributed by atoms with Crippen molar-refractivity contribution in [1.82, 2.24) is 15.6 Å². The SMILES string of the molecule is CCNC(=NCc1cc(Cl)c2c(c1)OCCO2)NCCc1ccccn1.I. The fraction of sp³-hybridized carbons (Fsp3) is 0.368. The molecule has 6 nitrogen and oxygen atoms in total. The van der Waals surface area contributed by atoms with Gasteiger partial charge in [0, 0.05) is 31.4 Å². The van der Waals surface area contributed by atoms with Crippen LogP contribution in [0.4, 0.5) is 0 Å². The molecule has 0 saturated carbocycles. The highest BCUT2D eigenvalue weighted by Gasteiger charge is 2.16. The highest BCUT2D eigenvalue weighted by atomic mass is 127. The molecule has 0 atom stereocenters. The van der Waals surface area contributed by atoms with Crippen molar-refractivity contribution in [3.63, 3.8) is 0 Å². The van der Waals surface area contributed by atoms with Crippen molar-refractivity contribution in [2.75, 3.05) is 26.3 Å². The first-order chi connectivity index (χ1) is 12.8. The van der Waals surface area contributed by atoms with Crippen LogP contribution in [0, 0.1) is 0 Å². The second-order valence-electron chi connectivity index (χ2n) is 5.79. The molecule has 0 fully saturated rings. The number of pyridine rings is 1. The first-order valence-corrected chi connectivity index (χ1v) is 9.14. The third-order valence-corrected chi connectivity index (χ3v) is 4.10. The molecular formula is C19H24ClIN4O2. The number of benzene rings is 1. The first-order valence-electron chi connectivity index (χ1n) is 8.76. The van der Waals surface area contributed by atoms with Crippen LogP contribution in [0.3, 0.4) is 0 Å². The summed E-state index contributed by atoms with van der Waals surface area (Å²) in [6.45, 7) is 5.14. The molecule has 0 bridgehead atoms. The monoisotopic (exact) mass is 502 g/mol. The van der Waals surface area contributed by atoms with Gasteiger partial charge in [-0.1, -0.05) is 17.7 Å². The fourth-order valence-electron chi connectivity index (χ4n) is 2.62. The Morgan fingerprint density at radius 2 is 2.07 bits per heavy atom. The van der Waals surface area contributed by atoms with Gasteiger partial charge < -0.3 is 20.1 Å². The normalized spacial score (nSPS) is 12.9. The van der Waals surface area contributed by atoms with Crippen molar-refractivity contribution >= 4 is 41.5 Å². The lowest BCUT2D eigenvalue weighted by atomic mass is 10.2. The number of aromatic nitrogens is 1. The van der Waals surface area contributed by atoms with E-state index in [4.69, 9.17) is 21.1 Å². The number of nitrogens with one attached hydrogen (secondary N) is 2. The lowest BCUT2D eigenvalue weighted by Gasteiger charge is -2.20. The Morgan fingerprint density at radius 3 is 2.85 bits per heavy atom. The topological polar surface area (TPSA) is 67.8 Å². The number of ether oxygens (including phenoxy) is 2. The van der Waals surface area contributed by atoms with Crippen LogP contribution >= 0.6 is 35.6 Å². The van der Waals surface area contributed by atoms with E-state index < -0.39 is 0 Å². The Labute approximate surface area is 181 Å². The molecule has 8 heteroatoms. The Hall–Kier alpha value is -1.74. The quantitative estimate of drug-likeness (QED) is 0.360. The molecule has 146 valence electrons. The van der Waals surface area contributed by atoms with Gasteiger partial charge in [0.05, 0.1) is 11.6 Å². The summed E-state index contributed by atoms with van der Waals surface area (Å²) >= 11 is 6.28. The number of fused-ring (bicyclic) bond motifs is 1. The summed E-state index contributed by atoms with van der Waals surface area (Å²) in [4.78, 5) is 8.95. The Morgan fingerprint density at radius 1 is 1.22 bits per heavy atom. The van der Waals surface area contributed by atoms with Crippen LogP contribution in [0.25, 0.3) is 0 Å².